The van der Waals surface area contributed by atoms with Gasteiger partial charge in [-0.3, -0.25) is 0 Å². The number of ether oxygens (including phenoxy) is 1. The molecule has 37 heavy (non-hydrogen) atoms. The molecule has 5 rings (SSSR count). The van der Waals surface area contributed by atoms with Gasteiger partial charge in [0.15, 0.2) is 0 Å². The molecule has 2 N–H and O–H groups in total. The highest BCUT2D eigenvalue weighted by Crippen LogP contribution is 2.31. The Labute approximate surface area is 213 Å². The van der Waals surface area contributed by atoms with Gasteiger partial charge in [-0.15, -0.1) is 0 Å². The van der Waals surface area contributed by atoms with Gasteiger partial charge in [-0.05, 0) is 54.3 Å². The molecule has 1 atom stereocenters. The third-order valence-electron chi connectivity index (χ3n) is 6.82. The molecule has 1 aliphatic heterocycles. The number of nitrogens with zero attached hydrogens (tertiary/aromatic N) is 1. The van der Waals surface area contributed by atoms with Gasteiger partial charge in [-0.25, -0.2) is 4.79 Å². The number of piperidine rings is 1. The largest absolute Gasteiger partial charge is 0.493 e. The Morgan fingerprint density at radius 3 is 2.59 bits per heavy atom. The van der Waals surface area contributed by atoms with E-state index >= 15 is 0 Å². The molecular weight excluding hydrogens is 479 g/mol. The zero-order chi connectivity index (χ0) is 25.8. The zero-order valence-electron chi connectivity index (χ0n) is 20.2. The van der Waals surface area contributed by atoms with Crippen molar-refractivity contribution in [2.45, 2.75) is 31.4 Å². The van der Waals surface area contributed by atoms with Crippen molar-refractivity contribution in [3.63, 3.8) is 0 Å². The summed E-state index contributed by atoms with van der Waals surface area (Å²) in [5.74, 6) is 0.949. The van der Waals surface area contributed by atoms with Crippen molar-refractivity contribution in [3.8, 4) is 5.75 Å². The van der Waals surface area contributed by atoms with Crippen LogP contribution in [-0.2, 0) is 12.6 Å². The molecule has 1 saturated heterocycles. The number of aromatic amines is 1. The lowest BCUT2D eigenvalue weighted by Gasteiger charge is -2.33. The van der Waals surface area contributed by atoms with Gasteiger partial charge >= 0.3 is 12.2 Å². The normalized spacial score (nSPS) is 16.1. The number of benzene rings is 3. The Hall–Kier alpha value is -3.94. The molecule has 2 amide bonds. The van der Waals surface area contributed by atoms with Crippen LogP contribution in [0.3, 0.4) is 0 Å². The van der Waals surface area contributed by atoms with Crippen molar-refractivity contribution < 1.29 is 22.7 Å². The van der Waals surface area contributed by atoms with Crippen molar-refractivity contribution in [1.82, 2.24) is 9.88 Å². The highest BCUT2D eigenvalue weighted by Gasteiger charge is 2.30. The van der Waals surface area contributed by atoms with Crippen LogP contribution in [0.15, 0.2) is 79.0 Å². The van der Waals surface area contributed by atoms with E-state index < -0.39 is 11.7 Å². The summed E-state index contributed by atoms with van der Waals surface area (Å²) in [6, 6.07) is 20.8. The van der Waals surface area contributed by atoms with Crippen LogP contribution in [0.1, 0.15) is 35.4 Å². The molecule has 0 spiro atoms. The Morgan fingerprint density at radius 1 is 1.05 bits per heavy atom. The summed E-state index contributed by atoms with van der Waals surface area (Å²) < 4.78 is 44.1. The summed E-state index contributed by atoms with van der Waals surface area (Å²) in [7, 11) is 0. The molecule has 4 aromatic rings. The maximum Gasteiger partial charge on any atom is 0.416 e. The first-order valence-electron chi connectivity index (χ1n) is 12.4. The lowest BCUT2D eigenvalue weighted by Crippen LogP contribution is -2.41. The average molecular weight is 508 g/mol. The summed E-state index contributed by atoms with van der Waals surface area (Å²) >= 11 is 0. The number of fused-ring (bicyclic) bond motifs is 1. The van der Waals surface area contributed by atoms with Gasteiger partial charge in [0.2, 0.25) is 0 Å². The van der Waals surface area contributed by atoms with E-state index in [1.54, 1.807) is 6.20 Å². The van der Waals surface area contributed by atoms with E-state index in [0.717, 1.165) is 48.0 Å². The summed E-state index contributed by atoms with van der Waals surface area (Å²) in [5, 5.41) is 3.87. The van der Waals surface area contributed by atoms with Gasteiger partial charge in [0.1, 0.15) is 5.75 Å². The van der Waals surface area contributed by atoms with Crippen LogP contribution in [0.4, 0.5) is 23.7 Å². The lowest BCUT2D eigenvalue weighted by atomic mass is 9.91. The van der Waals surface area contributed by atoms with E-state index in [2.05, 4.69) is 22.4 Å². The predicted molar refractivity (Wildman–Crippen MR) is 138 cm³/mol. The smallest absolute Gasteiger partial charge is 0.416 e. The van der Waals surface area contributed by atoms with Crippen molar-refractivity contribution in [1.29, 1.82) is 0 Å². The fraction of sp³-hybridized carbons (Fsp3) is 0.276. The number of amides is 2. The van der Waals surface area contributed by atoms with Crippen molar-refractivity contribution in [2.24, 2.45) is 0 Å². The SMILES string of the molecule is O=C(Nc1c[nH]c2ccc(OCCc3ccc(C(F)(F)F)cc3)cc12)N1CCC[C@H](c2ccccc2)C1. The van der Waals surface area contributed by atoms with Crippen molar-refractivity contribution in [2.75, 3.05) is 25.0 Å². The Kier molecular flexibility index (Phi) is 7.08. The van der Waals surface area contributed by atoms with E-state index in [0.29, 0.717) is 36.9 Å². The monoisotopic (exact) mass is 507 g/mol. The Balaban J connectivity index is 1.20. The first-order valence-corrected chi connectivity index (χ1v) is 12.4. The Morgan fingerprint density at radius 2 is 1.84 bits per heavy atom. The maximum absolute atomic E-state index is 13.1. The molecule has 192 valence electrons. The topological polar surface area (TPSA) is 57.4 Å². The molecule has 1 fully saturated rings. The van der Waals surface area contributed by atoms with E-state index in [1.807, 2.05) is 41.3 Å². The van der Waals surface area contributed by atoms with Crippen LogP contribution >= 0.6 is 0 Å². The molecule has 2 heterocycles. The third-order valence-corrected chi connectivity index (χ3v) is 6.82. The number of anilines is 1. The maximum atomic E-state index is 13.1. The minimum atomic E-state index is -4.34. The molecule has 8 heteroatoms. The third kappa shape index (κ3) is 5.90. The van der Waals surface area contributed by atoms with Crippen molar-refractivity contribution in [3.05, 3.63) is 95.7 Å². The van der Waals surface area contributed by atoms with E-state index in [4.69, 9.17) is 4.74 Å². The first kappa shape index (κ1) is 24.7. The fourth-order valence-corrected chi connectivity index (χ4v) is 4.79. The van der Waals surface area contributed by atoms with E-state index in [9.17, 15) is 18.0 Å². The quantitative estimate of drug-likeness (QED) is 0.290. The molecule has 1 aromatic heterocycles. The lowest BCUT2D eigenvalue weighted by molar-refractivity contribution is -0.137. The summed E-state index contributed by atoms with van der Waals surface area (Å²) in [5.41, 5.74) is 2.90. The number of nitrogens with one attached hydrogen (secondary N) is 2. The molecule has 1 aliphatic rings. The van der Waals surface area contributed by atoms with Crippen LogP contribution < -0.4 is 10.1 Å². The molecule has 3 aromatic carbocycles. The number of alkyl halides is 3. The number of halogens is 3. The van der Waals surface area contributed by atoms with Crippen molar-refractivity contribution >= 4 is 22.6 Å². The highest BCUT2D eigenvalue weighted by atomic mass is 19.4. The minimum absolute atomic E-state index is 0.129. The number of urea groups is 1. The van der Waals surface area contributed by atoms with Crippen LogP contribution in [0, 0.1) is 0 Å². The van der Waals surface area contributed by atoms with Gasteiger partial charge in [-0.1, -0.05) is 42.5 Å². The standard InChI is InChI=1S/C29H28F3N3O2/c30-29(31,32)23-10-8-20(9-11-23)14-16-37-24-12-13-26-25(17-24)27(18-33-26)34-28(36)35-15-4-7-22(19-35)21-5-2-1-3-6-21/h1-3,5-6,8-13,17-18,22,33H,4,7,14-16,19H2,(H,34,36)/t22-/m0/s1. The molecule has 0 aliphatic carbocycles. The molecule has 0 unspecified atom stereocenters. The zero-order valence-corrected chi connectivity index (χ0v) is 20.2. The fourth-order valence-electron chi connectivity index (χ4n) is 4.79. The highest BCUT2D eigenvalue weighted by molar-refractivity contribution is 6.01. The first-order chi connectivity index (χ1) is 17.9. The summed E-state index contributed by atoms with van der Waals surface area (Å²) in [6.07, 6.45) is -0.0742. The number of carbonyl (C=O) groups is 1. The number of hydrogen-bond donors (Lipinski definition) is 2. The number of hydrogen-bond acceptors (Lipinski definition) is 2. The van der Waals surface area contributed by atoms with Gasteiger partial charge in [-0.2, -0.15) is 13.2 Å². The van der Waals surface area contributed by atoms with Gasteiger partial charge < -0.3 is 19.9 Å². The number of likely N-dealkylation sites (tertiary alicyclic amines) is 1. The average Bonchev–Trinajstić information content (AvgIpc) is 3.31. The second-order valence-corrected chi connectivity index (χ2v) is 9.33. The van der Waals surface area contributed by atoms with Gasteiger partial charge in [0, 0.05) is 42.5 Å². The predicted octanol–water partition coefficient (Wildman–Crippen LogP) is 7.22. The van der Waals surface area contributed by atoms with Crippen LogP contribution in [0.25, 0.3) is 10.9 Å². The van der Waals surface area contributed by atoms with E-state index in [1.165, 1.54) is 17.7 Å². The summed E-state index contributed by atoms with van der Waals surface area (Å²) in [4.78, 5) is 18.1. The second kappa shape index (κ2) is 10.6. The van der Waals surface area contributed by atoms with Gasteiger partial charge in [0.25, 0.3) is 0 Å². The van der Waals surface area contributed by atoms with Crippen LogP contribution in [0.5, 0.6) is 5.75 Å². The van der Waals surface area contributed by atoms with E-state index in [-0.39, 0.29) is 6.03 Å². The molecule has 0 bridgehead atoms. The number of H-pyrrole nitrogens is 1. The number of aromatic nitrogens is 1. The second-order valence-electron chi connectivity index (χ2n) is 9.33. The molecule has 0 radical (unpaired) electrons. The molecular formula is C29H28F3N3O2. The van der Waals surface area contributed by atoms with Crippen LogP contribution in [-0.4, -0.2) is 35.6 Å². The minimum Gasteiger partial charge on any atom is -0.493 e. The Bertz CT molecular complexity index is 1350. The van der Waals surface area contributed by atoms with Crippen LogP contribution in [0.2, 0.25) is 0 Å². The number of rotatable bonds is 6. The summed E-state index contributed by atoms with van der Waals surface area (Å²) in [6.45, 7) is 1.71. The van der Waals surface area contributed by atoms with Gasteiger partial charge in [0.05, 0.1) is 17.9 Å². The molecule has 0 saturated carbocycles. The number of carbonyl (C=O) groups excluding carboxylic acids is 1. The molecule has 5 nitrogen and oxygen atoms in total.